The molecule has 3 N–H and O–H groups in total. The predicted octanol–water partition coefficient (Wildman–Crippen LogP) is 7.63. The van der Waals surface area contributed by atoms with Gasteiger partial charge in [-0.05, 0) is 112 Å². The van der Waals surface area contributed by atoms with Gasteiger partial charge in [-0.3, -0.25) is 18.5 Å². The highest BCUT2D eigenvalue weighted by Gasteiger charge is 2.25. The minimum Gasteiger partial charge on any atom is -0.461 e. The van der Waals surface area contributed by atoms with Crippen molar-refractivity contribution >= 4 is 61.4 Å². The molecule has 360 valence electrons. The van der Waals surface area contributed by atoms with Crippen LogP contribution in [0.4, 0.5) is 26.7 Å². The van der Waals surface area contributed by atoms with Gasteiger partial charge in [0.25, 0.3) is 20.2 Å². The Labute approximate surface area is 392 Å². The van der Waals surface area contributed by atoms with Gasteiger partial charge in [0.1, 0.15) is 25.9 Å². The van der Waals surface area contributed by atoms with Crippen molar-refractivity contribution in [1.82, 2.24) is 5.32 Å². The van der Waals surface area contributed by atoms with Crippen molar-refractivity contribution in [2.24, 2.45) is 0 Å². The number of carbonyl (C=O) groups excluding carboxylic acids is 4. The average Bonchev–Trinajstić information content (AvgIpc) is 3.24. The minimum absolute atomic E-state index is 0.0100. The maximum atomic E-state index is 13.3. The molecule has 0 spiro atoms. The van der Waals surface area contributed by atoms with Crippen molar-refractivity contribution in [2.45, 2.75) is 76.8 Å². The minimum atomic E-state index is -4.14. The summed E-state index contributed by atoms with van der Waals surface area (Å²) in [5.41, 5.74) is 5.92. The molecule has 0 fully saturated rings. The molecule has 3 amide bonds. The second-order valence-corrected chi connectivity index (χ2v) is 18.6. The molecule has 0 bridgehead atoms. The summed E-state index contributed by atoms with van der Waals surface area (Å²) in [6, 6.07) is 18.1. The van der Waals surface area contributed by atoms with Crippen LogP contribution >= 0.6 is 0 Å². The van der Waals surface area contributed by atoms with Gasteiger partial charge >= 0.3 is 24.1 Å². The monoisotopic (exact) mass is 962 g/mol. The predicted molar refractivity (Wildman–Crippen MR) is 254 cm³/mol. The number of benzene rings is 4. The molecule has 0 radical (unpaired) electrons. The Morgan fingerprint density at radius 2 is 1.10 bits per heavy atom. The third kappa shape index (κ3) is 16.4. The van der Waals surface area contributed by atoms with Gasteiger partial charge in [0.2, 0.25) is 0 Å². The average molecular weight is 963 g/mol. The Kier molecular flexibility index (Phi) is 19.7. The summed E-state index contributed by atoms with van der Waals surface area (Å²) in [6.07, 6.45) is 1.78. The van der Waals surface area contributed by atoms with Crippen molar-refractivity contribution in [3.63, 3.8) is 0 Å². The van der Waals surface area contributed by atoms with E-state index in [1.807, 2.05) is 13.8 Å². The van der Waals surface area contributed by atoms with Crippen molar-refractivity contribution in [3.8, 4) is 0 Å². The van der Waals surface area contributed by atoms with Crippen LogP contribution in [-0.4, -0.2) is 86.5 Å². The summed E-state index contributed by atoms with van der Waals surface area (Å²) < 4.78 is 79.7. The van der Waals surface area contributed by atoms with Gasteiger partial charge in [0.15, 0.2) is 0 Å². The fourth-order valence-corrected chi connectivity index (χ4v) is 9.81. The standard InChI is InChI=1S/C48H58N4O13S2/c1-9-23-61-43(53)20-19-42(46(54)62-24-10-2)51-47(55)49-39-13-11-38(12-14-39)31-63-48(56)50-40-15-17-41(18-16-40)52(21-25-64-66(57,58)44-34(5)27-32(3)28-35(44)6)22-26-65-67(59,60)45-36(7)29-33(4)30-37(45)8/h9-18,27-30,42H,1-2,19-26,31H2,3-8H3,(H,50,56)(H2,49,51,55)/t42-/m0/s1. The number of nitrogens with zero attached hydrogens (tertiary/aromatic N) is 1. The molecule has 0 aliphatic carbocycles. The number of anilines is 3. The van der Waals surface area contributed by atoms with Gasteiger partial charge in [0, 0.05) is 36.6 Å². The summed E-state index contributed by atoms with van der Waals surface area (Å²) in [4.78, 5) is 51.9. The van der Waals surface area contributed by atoms with Crippen molar-refractivity contribution in [2.75, 3.05) is 55.1 Å². The molecule has 4 aromatic rings. The molecule has 67 heavy (non-hydrogen) atoms. The van der Waals surface area contributed by atoms with E-state index in [9.17, 15) is 36.0 Å². The number of ether oxygens (including phenoxy) is 3. The second-order valence-electron chi connectivity index (χ2n) is 15.5. The van der Waals surface area contributed by atoms with Crippen LogP contribution in [-0.2, 0) is 59.0 Å². The van der Waals surface area contributed by atoms with Crippen LogP contribution in [0.15, 0.2) is 108 Å². The fraction of sp³-hybridized carbons (Fsp3) is 0.333. The SMILES string of the molecule is C=CCOC(=O)CC[C@H](NC(=O)Nc1ccc(COC(=O)Nc2ccc(N(CCOS(=O)(=O)c3c(C)cc(C)cc3C)CCOS(=O)(=O)c3c(C)cc(C)cc3C)cc2)cc1)C(=O)OCC=C. The highest BCUT2D eigenvalue weighted by Crippen LogP contribution is 2.26. The summed E-state index contributed by atoms with van der Waals surface area (Å²) in [7, 11) is -8.28. The van der Waals surface area contributed by atoms with E-state index in [4.69, 9.17) is 22.6 Å². The summed E-state index contributed by atoms with van der Waals surface area (Å²) in [5.74, 6) is -1.33. The van der Waals surface area contributed by atoms with Gasteiger partial charge in [0.05, 0.1) is 23.0 Å². The van der Waals surface area contributed by atoms with Crippen LogP contribution in [0, 0.1) is 41.5 Å². The van der Waals surface area contributed by atoms with Crippen LogP contribution in [0.5, 0.6) is 0 Å². The van der Waals surface area contributed by atoms with E-state index in [-0.39, 0.29) is 68.8 Å². The van der Waals surface area contributed by atoms with Gasteiger partial charge in [-0.1, -0.05) is 72.8 Å². The molecule has 4 aromatic carbocycles. The van der Waals surface area contributed by atoms with E-state index in [0.717, 1.165) is 11.1 Å². The van der Waals surface area contributed by atoms with Crippen LogP contribution in [0.25, 0.3) is 0 Å². The molecule has 0 unspecified atom stereocenters. The molecule has 17 nitrogen and oxygen atoms in total. The van der Waals surface area contributed by atoms with E-state index in [0.29, 0.717) is 44.9 Å². The summed E-state index contributed by atoms with van der Waals surface area (Å²) >= 11 is 0. The number of aryl methyl sites for hydroxylation is 6. The lowest BCUT2D eigenvalue weighted by atomic mass is 10.1. The number of hydrogen-bond acceptors (Lipinski definition) is 14. The third-order valence-corrected chi connectivity index (χ3v) is 13.1. The van der Waals surface area contributed by atoms with Gasteiger partial charge in [-0.15, -0.1) is 0 Å². The first-order valence-electron chi connectivity index (χ1n) is 21.2. The Balaban J connectivity index is 1.36. The smallest absolute Gasteiger partial charge is 0.411 e. The Bertz CT molecular complexity index is 2500. The fourth-order valence-electron chi connectivity index (χ4n) is 7.17. The lowest BCUT2D eigenvalue weighted by molar-refractivity contribution is -0.146. The molecule has 1 atom stereocenters. The zero-order valence-electron chi connectivity index (χ0n) is 38.5. The first-order chi connectivity index (χ1) is 31.7. The molecule has 4 rings (SSSR count). The van der Waals surface area contributed by atoms with Crippen LogP contribution in [0.3, 0.4) is 0 Å². The molecule has 0 aliphatic heterocycles. The van der Waals surface area contributed by atoms with Gasteiger partial charge < -0.3 is 29.7 Å². The van der Waals surface area contributed by atoms with E-state index < -0.39 is 50.3 Å². The first-order valence-corrected chi connectivity index (χ1v) is 24.0. The number of urea groups is 1. The van der Waals surface area contributed by atoms with Crippen LogP contribution in [0.2, 0.25) is 0 Å². The molecule has 19 heteroatoms. The maximum absolute atomic E-state index is 13.3. The van der Waals surface area contributed by atoms with Gasteiger partial charge in [-0.2, -0.15) is 16.8 Å². The zero-order chi connectivity index (χ0) is 49.3. The van der Waals surface area contributed by atoms with Crippen LogP contribution in [0.1, 0.15) is 51.8 Å². The molecule has 0 saturated heterocycles. The number of nitrogens with one attached hydrogen (secondary N) is 3. The third-order valence-electron chi connectivity index (χ3n) is 9.90. The summed E-state index contributed by atoms with van der Waals surface area (Å²) in [5, 5.41) is 7.75. The largest absolute Gasteiger partial charge is 0.461 e. The second kappa shape index (κ2) is 24.8. The van der Waals surface area contributed by atoms with E-state index in [1.165, 1.54) is 12.2 Å². The molecule has 0 saturated carbocycles. The van der Waals surface area contributed by atoms with E-state index >= 15 is 0 Å². The Hall–Kier alpha value is -6.54. The van der Waals surface area contributed by atoms with Crippen molar-refractivity contribution in [1.29, 1.82) is 0 Å². The van der Waals surface area contributed by atoms with E-state index in [2.05, 4.69) is 29.1 Å². The van der Waals surface area contributed by atoms with Crippen LogP contribution < -0.4 is 20.9 Å². The van der Waals surface area contributed by atoms with Crippen molar-refractivity contribution in [3.05, 3.63) is 137 Å². The topological polar surface area (TPSA) is 222 Å². The number of amides is 3. The quantitative estimate of drug-likeness (QED) is 0.0266. The maximum Gasteiger partial charge on any atom is 0.411 e. The molecule has 0 aromatic heterocycles. The molecular formula is C48H58N4O13S2. The summed E-state index contributed by atoms with van der Waals surface area (Å²) in [6.45, 7) is 16.9. The molecule has 0 aliphatic rings. The lowest BCUT2D eigenvalue weighted by Crippen LogP contribution is -2.44. The molecule has 0 heterocycles. The zero-order valence-corrected chi connectivity index (χ0v) is 40.1. The first kappa shape index (κ1) is 53.1. The van der Waals surface area contributed by atoms with Crippen molar-refractivity contribution < 1.29 is 58.6 Å². The Morgan fingerprint density at radius 3 is 1.60 bits per heavy atom. The number of esters is 2. The van der Waals surface area contributed by atoms with E-state index in [1.54, 1.807) is 105 Å². The Morgan fingerprint density at radius 1 is 0.642 bits per heavy atom. The molecular weight excluding hydrogens is 905 g/mol. The number of carbonyl (C=O) groups is 4. The highest BCUT2D eigenvalue weighted by molar-refractivity contribution is 7.87. The lowest BCUT2D eigenvalue weighted by Gasteiger charge is -2.25. The normalized spacial score (nSPS) is 11.7. The highest BCUT2D eigenvalue weighted by atomic mass is 32.2. The van der Waals surface area contributed by atoms with Gasteiger partial charge in [-0.25, -0.2) is 14.4 Å². The number of hydrogen-bond donors (Lipinski definition) is 3. The number of rotatable bonds is 24.